The average Bonchev–Trinajstić information content (AvgIpc) is 2.71. The number of hydrogen-bond acceptors (Lipinski definition) is 5. The molecule has 4 nitrogen and oxygen atoms in total. The van der Waals surface area contributed by atoms with E-state index in [0.29, 0.717) is 0 Å². The van der Waals surface area contributed by atoms with Crippen LogP contribution in [-0.4, -0.2) is 47.7 Å². The molecular formula is C11H19N3OS. The summed E-state index contributed by atoms with van der Waals surface area (Å²) >= 11 is 1.62. The standard InChI is InChI=1S/C11H19N3OS/c1-3-13-4-6-14(7-5-13)11-12-9(2)10(8-15)16-11/h15H,3-8H2,1-2H3. The monoisotopic (exact) mass is 241 g/mol. The van der Waals surface area contributed by atoms with Crippen molar-refractivity contribution in [3.63, 3.8) is 0 Å². The summed E-state index contributed by atoms with van der Waals surface area (Å²) in [6.45, 7) is 9.73. The Labute approximate surface area is 101 Å². The molecule has 0 saturated carbocycles. The molecule has 1 N–H and O–H groups in total. The first-order valence-corrected chi connectivity index (χ1v) is 6.60. The van der Waals surface area contributed by atoms with Crippen LogP contribution in [0.25, 0.3) is 0 Å². The predicted molar refractivity (Wildman–Crippen MR) is 67.1 cm³/mol. The number of likely N-dealkylation sites (N-methyl/N-ethyl adjacent to an activating group) is 1. The maximum atomic E-state index is 9.15. The maximum Gasteiger partial charge on any atom is 0.185 e. The molecule has 1 fully saturated rings. The van der Waals surface area contributed by atoms with Gasteiger partial charge in [-0.3, -0.25) is 0 Å². The second kappa shape index (κ2) is 5.12. The van der Waals surface area contributed by atoms with Gasteiger partial charge in [0.2, 0.25) is 0 Å². The SMILES string of the molecule is CCN1CCN(c2nc(C)c(CO)s2)CC1. The normalized spacial score (nSPS) is 18.1. The van der Waals surface area contributed by atoms with Crippen molar-refractivity contribution in [1.29, 1.82) is 0 Å². The lowest BCUT2D eigenvalue weighted by Gasteiger charge is -2.33. The zero-order chi connectivity index (χ0) is 11.5. The van der Waals surface area contributed by atoms with Crippen LogP contribution >= 0.6 is 11.3 Å². The average molecular weight is 241 g/mol. The number of piperazine rings is 1. The topological polar surface area (TPSA) is 39.6 Å². The lowest BCUT2D eigenvalue weighted by molar-refractivity contribution is 0.271. The molecule has 0 spiro atoms. The fourth-order valence-corrected chi connectivity index (χ4v) is 2.92. The second-order valence-corrected chi connectivity index (χ2v) is 5.15. The van der Waals surface area contributed by atoms with Gasteiger partial charge in [0.15, 0.2) is 5.13 Å². The van der Waals surface area contributed by atoms with Crippen molar-refractivity contribution in [3.05, 3.63) is 10.6 Å². The van der Waals surface area contributed by atoms with E-state index in [9.17, 15) is 0 Å². The van der Waals surface area contributed by atoms with E-state index < -0.39 is 0 Å². The molecule has 1 saturated heterocycles. The maximum absolute atomic E-state index is 9.15. The summed E-state index contributed by atoms with van der Waals surface area (Å²) in [6, 6.07) is 0. The first kappa shape index (κ1) is 11.8. The Bertz CT molecular complexity index is 345. The molecule has 16 heavy (non-hydrogen) atoms. The van der Waals surface area contributed by atoms with Gasteiger partial charge in [-0.25, -0.2) is 4.98 Å². The van der Waals surface area contributed by atoms with Gasteiger partial charge >= 0.3 is 0 Å². The Morgan fingerprint density at radius 1 is 1.31 bits per heavy atom. The van der Waals surface area contributed by atoms with Gasteiger partial charge in [0.25, 0.3) is 0 Å². The van der Waals surface area contributed by atoms with Crippen LogP contribution in [0, 0.1) is 6.92 Å². The van der Waals surface area contributed by atoms with E-state index in [1.165, 1.54) is 0 Å². The van der Waals surface area contributed by atoms with E-state index in [4.69, 9.17) is 5.11 Å². The van der Waals surface area contributed by atoms with Crippen molar-refractivity contribution in [2.45, 2.75) is 20.5 Å². The van der Waals surface area contributed by atoms with Gasteiger partial charge in [-0.05, 0) is 13.5 Å². The largest absolute Gasteiger partial charge is 0.391 e. The molecule has 1 aliphatic rings. The van der Waals surface area contributed by atoms with Crippen LogP contribution in [0.5, 0.6) is 0 Å². The van der Waals surface area contributed by atoms with Crippen molar-refractivity contribution in [2.75, 3.05) is 37.6 Å². The third-order valence-electron chi connectivity index (χ3n) is 3.12. The van der Waals surface area contributed by atoms with E-state index in [2.05, 4.69) is 21.7 Å². The first-order valence-electron chi connectivity index (χ1n) is 5.79. The summed E-state index contributed by atoms with van der Waals surface area (Å²) in [5.74, 6) is 0. The van der Waals surface area contributed by atoms with E-state index in [1.807, 2.05) is 6.92 Å². The molecule has 1 aromatic heterocycles. The molecule has 2 heterocycles. The van der Waals surface area contributed by atoms with Gasteiger partial charge < -0.3 is 14.9 Å². The molecule has 90 valence electrons. The molecule has 2 rings (SSSR count). The Kier molecular flexibility index (Phi) is 3.78. The van der Waals surface area contributed by atoms with Crippen molar-refractivity contribution in [3.8, 4) is 0 Å². The number of aliphatic hydroxyl groups excluding tert-OH is 1. The highest BCUT2D eigenvalue weighted by atomic mass is 32.1. The van der Waals surface area contributed by atoms with Crippen molar-refractivity contribution >= 4 is 16.5 Å². The number of aryl methyl sites for hydroxylation is 1. The van der Waals surface area contributed by atoms with Gasteiger partial charge in [0, 0.05) is 26.2 Å². The van der Waals surface area contributed by atoms with Crippen LogP contribution in [-0.2, 0) is 6.61 Å². The smallest absolute Gasteiger partial charge is 0.185 e. The summed E-state index contributed by atoms with van der Waals surface area (Å²) in [5.41, 5.74) is 0.973. The summed E-state index contributed by atoms with van der Waals surface area (Å²) in [4.78, 5) is 10.3. The van der Waals surface area contributed by atoms with Gasteiger partial charge in [-0.1, -0.05) is 18.3 Å². The van der Waals surface area contributed by atoms with E-state index in [0.717, 1.165) is 48.4 Å². The van der Waals surface area contributed by atoms with Gasteiger partial charge in [-0.2, -0.15) is 0 Å². The molecule has 0 amide bonds. The first-order chi connectivity index (χ1) is 7.74. The Hall–Kier alpha value is -0.650. The summed E-state index contributed by atoms with van der Waals surface area (Å²) in [7, 11) is 0. The summed E-state index contributed by atoms with van der Waals surface area (Å²) < 4.78 is 0. The highest BCUT2D eigenvalue weighted by Gasteiger charge is 2.19. The third kappa shape index (κ3) is 2.36. The Morgan fingerprint density at radius 3 is 2.50 bits per heavy atom. The zero-order valence-electron chi connectivity index (χ0n) is 9.94. The summed E-state index contributed by atoms with van der Waals surface area (Å²) in [6.07, 6.45) is 0. The van der Waals surface area contributed by atoms with E-state index >= 15 is 0 Å². The molecule has 0 atom stereocenters. The summed E-state index contributed by atoms with van der Waals surface area (Å²) in [5, 5.41) is 10.2. The third-order valence-corrected chi connectivity index (χ3v) is 4.32. The zero-order valence-corrected chi connectivity index (χ0v) is 10.8. The fraction of sp³-hybridized carbons (Fsp3) is 0.727. The number of anilines is 1. The van der Waals surface area contributed by atoms with Crippen LogP contribution in [0.2, 0.25) is 0 Å². The predicted octanol–water partition coefficient (Wildman–Crippen LogP) is 1.09. The highest BCUT2D eigenvalue weighted by molar-refractivity contribution is 7.15. The Balaban J connectivity index is 2.02. The van der Waals surface area contributed by atoms with Crippen molar-refractivity contribution in [1.82, 2.24) is 9.88 Å². The van der Waals surface area contributed by atoms with Gasteiger partial charge in [0.1, 0.15) is 0 Å². The molecule has 0 aromatic carbocycles. The van der Waals surface area contributed by atoms with E-state index in [-0.39, 0.29) is 6.61 Å². The minimum atomic E-state index is 0.110. The lowest BCUT2D eigenvalue weighted by atomic mass is 10.3. The second-order valence-electron chi connectivity index (χ2n) is 4.08. The van der Waals surface area contributed by atoms with Gasteiger partial charge in [-0.15, -0.1) is 0 Å². The van der Waals surface area contributed by atoms with Crippen LogP contribution < -0.4 is 4.90 Å². The minimum Gasteiger partial charge on any atom is -0.391 e. The van der Waals surface area contributed by atoms with Crippen LogP contribution in [0.15, 0.2) is 0 Å². The van der Waals surface area contributed by atoms with Crippen molar-refractivity contribution < 1.29 is 5.11 Å². The number of hydrogen-bond donors (Lipinski definition) is 1. The number of aliphatic hydroxyl groups is 1. The van der Waals surface area contributed by atoms with Gasteiger partial charge in [0.05, 0.1) is 17.2 Å². The number of nitrogens with zero attached hydrogens (tertiary/aromatic N) is 3. The quantitative estimate of drug-likeness (QED) is 0.860. The van der Waals surface area contributed by atoms with E-state index in [1.54, 1.807) is 11.3 Å². The molecule has 1 aliphatic heterocycles. The van der Waals surface area contributed by atoms with Crippen LogP contribution in [0.1, 0.15) is 17.5 Å². The molecular weight excluding hydrogens is 222 g/mol. The number of rotatable bonds is 3. The molecule has 0 radical (unpaired) electrons. The molecule has 0 aliphatic carbocycles. The van der Waals surface area contributed by atoms with Crippen molar-refractivity contribution in [2.24, 2.45) is 0 Å². The molecule has 0 unspecified atom stereocenters. The Morgan fingerprint density at radius 2 is 2.00 bits per heavy atom. The van der Waals surface area contributed by atoms with Crippen LogP contribution in [0.3, 0.4) is 0 Å². The highest BCUT2D eigenvalue weighted by Crippen LogP contribution is 2.26. The van der Waals surface area contributed by atoms with Crippen LogP contribution in [0.4, 0.5) is 5.13 Å². The molecule has 5 heteroatoms. The molecule has 1 aromatic rings. The minimum absolute atomic E-state index is 0.110. The fourth-order valence-electron chi connectivity index (χ4n) is 1.95. The number of aromatic nitrogens is 1. The molecule has 0 bridgehead atoms. The number of thiazole rings is 1. The lowest BCUT2D eigenvalue weighted by Crippen LogP contribution is -2.46.